The molecule has 7 heteroatoms. The predicted octanol–water partition coefficient (Wildman–Crippen LogP) is 4.07. The Hall–Kier alpha value is -3.19. The number of ether oxygens (including phenoxy) is 1. The molecule has 1 aromatic heterocycles. The number of methoxy groups -OCH3 is 1. The number of thiocarbonyl (C=S) groups is 1. The molecule has 0 bridgehead atoms. The van der Waals surface area contributed by atoms with Crippen molar-refractivity contribution in [3.8, 4) is 5.75 Å². The molecule has 1 heterocycles. The fraction of sp³-hybridized carbons (Fsp3) is 0.261. The molecule has 6 nitrogen and oxygen atoms in total. The van der Waals surface area contributed by atoms with E-state index >= 15 is 0 Å². The zero-order chi connectivity index (χ0) is 21.8. The van der Waals surface area contributed by atoms with Gasteiger partial charge in [0.25, 0.3) is 5.91 Å². The number of hydrogen-bond donors (Lipinski definition) is 2. The van der Waals surface area contributed by atoms with Crippen molar-refractivity contribution in [2.75, 3.05) is 12.4 Å². The second kappa shape index (κ2) is 9.09. The van der Waals surface area contributed by atoms with Gasteiger partial charge in [-0.25, -0.2) is 0 Å². The van der Waals surface area contributed by atoms with E-state index < -0.39 is 0 Å². The minimum Gasteiger partial charge on any atom is -0.496 e. The Morgan fingerprint density at radius 3 is 2.43 bits per heavy atom. The largest absolute Gasteiger partial charge is 0.496 e. The first-order valence-electron chi connectivity index (χ1n) is 9.64. The van der Waals surface area contributed by atoms with Crippen LogP contribution in [0.2, 0.25) is 0 Å². The van der Waals surface area contributed by atoms with Crippen LogP contribution in [-0.4, -0.2) is 27.9 Å². The highest BCUT2D eigenvalue weighted by atomic mass is 32.1. The zero-order valence-electron chi connectivity index (χ0n) is 17.9. The van der Waals surface area contributed by atoms with E-state index in [4.69, 9.17) is 17.0 Å². The van der Waals surface area contributed by atoms with Crippen LogP contribution in [0, 0.1) is 20.8 Å². The lowest BCUT2D eigenvalue weighted by atomic mass is 10.0. The Bertz CT molecular complexity index is 1090. The van der Waals surface area contributed by atoms with E-state index in [1.807, 2.05) is 62.0 Å². The Labute approximate surface area is 182 Å². The molecule has 0 atom stereocenters. The molecule has 3 rings (SSSR count). The maximum atomic E-state index is 12.6. The van der Waals surface area contributed by atoms with Gasteiger partial charge in [-0.1, -0.05) is 24.3 Å². The molecule has 30 heavy (non-hydrogen) atoms. The molecular weight excluding hydrogens is 396 g/mol. The van der Waals surface area contributed by atoms with Crippen molar-refractivity contribution < 1.29 is 9.53 Å². The van der Waals surface area contributed by atoms with Crippen molar-refractivity contribution in [1.29, 1.82) is 0 Å². The number of anilines is 1. The molecule has 0 saturated heterocycles. The van der Waals surface area contributed by atoms with Gasteiger partial charge < -0.3 is 10.1 Å². The fourth-order valence-electron chi connectivity index (χ4n) is 3.42. The maximum absolute atomic E-state index is 12.6. The standard InChI is InChI=1S/C23H26N4O2S/c1-14-7-6-8-19(21(14)29-5)22(28)25-23(30)24-18-11-9-17(10-12-18)13-20-15(2)26-27(4)16(20)3/h6-12H,13H2,1-5H3,(H2,24,25,28,30). The van der Waals surface area contributed by atoms with Crippen LogP contribution in [0.1, 0.15) is 38.4 Å². The highest BCUT2D eigenvalue weighted by molar-refractivity contribution is 7.80. The van der Waals surface area contributed by atoms with E-state index in [9.17, 15) is 4.79 Å². The number of amides is 1. The molecule has 1 amide bonds. The molecule has 0 aliphatic heterocycles. The summed E-state index contributed by atoms with van der Waals surface area (Å²) in [5.74, 6) is 0.232. The van der Waals surface area contributed by atoms with E-state index in [-0.39, 0.29) is 11.0 Å². The number of nitrogens with zero attached hydrogens (tertiary/aromatic N) is 2. The zero-order valence-corrected chi connectivity index (χ0v) is 18.7. The Morgan fingerprint density at radius 1 is 1.13 bits per heavy atom. The number of aryl methyl sites for hydroxylation is 3. The number of carbonyl (C=O) groups excluding carboxylic acids is 1. The van der Waals surface area contributed by atoms with Crippen LogP contribution in [0.4, 0.5) is 5.69 Å². The number of para-hydroxylation sites is 1. The Morgan fingerprint density at radius 2 is 1.83 bits per heavy atom. The van der Waals surface area contributed by atoms with E-state index in [1.54, 1.807) is 13.2 Å². The van der Waals surface area contributed by atoms with Gasteiger partial charge in [0.1, 0.15) is 5.75 Å². The van der Waals surface area contributed by atoms with Crippen LogP contribution in [-0.2, 0) is 13.5 Å². The summed E-state index contributed by atoms with van der Waals surface area (Å²) in [7, 11) is 3.51. The average Bonchev–Trinajstić information content (AvgIpc) is 2.95. The smallest absolute Gasteiger partial charge is 0.261 e. The second-order valence-corrected chi connectivity index (χ2v) is 7.62. The molecule has 2 aromatic carbocycles. The molecule has 0 spiro atoms. The molecule has 0 aliphatic rings. The normalized spacial score (nSPS) is 10.6. The molecule has 2 N–H and O–H groups in total. The predicted molar refractivity (Wildman–Crippen MR) is 123 cm³/mol. The van der Waals surface area contributed by atoms with E-state index in [0.29, 0.717) is 11.3 Å². The third-order valence-corrected chi connectivity index (χ3v) is 5.34. The highest BCUT2D eigenvalue weighted by Gasteiger charge is 2.15. The number of rotatable bonds is 5. The first-order valence-corrected chi connectivity index (χ1v) is 10.0. The summed E-state index contributed by atoms with van der Waals surface area (Å²) in [6.45, 7) is 6.00. The number of nitrogens with one attached hydrogen (secondary N) is 2. The van der Waals surface area contributed by atoms with E-state index in [1.165, 1.54) is 16.8 Å². The molecule has 0 aliphatic carbocycles. The quantitative estimate of drug-likeness (QED) is 0.607. The van der Waals surface area contributed by atoms with Crippen LogP contribution in [0.5, 0.6) is 5.75 Å². The van der Waals surface area contributed by atoms with Crippen LogP contribution in [0.15, 0.2) is 42.5 Å². The van der Waals surface area contributed by atoms with Crippen molar-refractivity contribution in [2.45, 2.75) is 27.2 Å². The minimum absolute atomic E-state index is 0.232. The summed E-state index contributed by atoms with van der Waals surface area (Å²) < 4.78 is 7.25. The number of carbonyl (C=O) groups is 1. The van der Waals surface area contributed by atoms with Crippen molar-refractivity contribution in [2.24, 2.45) is 7.05 Å². The first-order chi connectivity index (χ1) is 14.3. The van der Waals surface area contributed by atoms with Gasteiger partial charge in [0, 0.05) is 30.4 Å². The average molecular weight is 423 g/mol. The summed E-state index contributed by atoms with van der Waals surface area (Å²) in [5.41, 5.74) is 6.78. The van der Waals surface area contributed by atoms with Gasteiger partial charge >= 0.3 is 0 Å². The third-order valence-electron chi connectivity index (χ3n) is 5.14. The first kappa shape index (κ1) is 21.5. The fourth-order valence-corrected chi connectivity index (χ4v) is 3.63. The van der Waals surface area contributed by atoms with Crippen molar-refractivity contribution in [3.63, 3.8) is 0 Å². The van der Waals surface area contributed by atoms with E-state index in [0.717, 1.165) is 23.4 Å². The molecule has 156 valence electrons. The summed E-state index contributed by atoms with van der Waals surface area (Å²) in [6, 6.07) is 13.4. The van der Waals surface area contributed by atoms with Crippen LogP contribution < -0.4 is 15.4 Å². The lowest BCUT2D eigenvalue weighted by Crippen LogP contribution is -2.34. The van der Waals surface area contributed by atoms with Gasteiger partial charge in [0.2, 0.25) is 0 Å². The highest BCUT2D eigenvalue weighted by Crippen LogP contribution is 2.23. The molecule has 3 aromatic rings. The second-order valence-electron chi connectivity index (χ2n) is 7.21. The van der Waals surface area contributed by atoms with Crippen molar-refractivity contribution in [3.05, 3.63) is 76.1 Å². The molecular formula is C23H26N4O2S. The van der Waals surface area contributed by atoms with Gasteiger partial charge in [0.05, 0.1) is 18.4 Å². The van der Waals surface area contributed by atoms with Crippen LogP contribution >= 0.6 is 12.2 Å². The Balaban J connectivity index is 1.63. The number of hydrogen-bond acceptors (Lipinski definition) is 4. The van der Waals surface area contributed by atoms with Crippen molar-refractivity contribution >= 4 is 28.9 Å². The lowest BCUT2D eigenvalue weighted by Gasteiger charge is -2.13. The van der Waals surface area contributed by atoms with Crippen LogP contribution in [0.25, 0.3) is 0 Å². The van der Waals surface area contributed by atoms with Gasteiger partial charge in [-0.2, -0.15) is 5.10 Å². The summed E-state index contributed by atoms with van der Waals surface area (Å²) in [6.07, 6.45) is 0.820. The Kier molecular flexibility index (Phi) is 6.52. The van der Waals surface area contributed by atoms with Gasteiger partial charge in [-0.15, -0.1) is 0 Å². The summed E-state index contributed by atoms with van der Waals surface area (Å²) in [4.78, 5) is 12.6. The lowest BCUT2D eigenvalue weighted by molar-refractivity contribution is 0.0974. The van der Waals surface area contributed by atoms with Gasteiger partial charge in [0.15, 0.2) is 5.11 Å². The molecule has 0 radical (unpaired) electrons. The van der Waals surface area contributed by atoms with Crippen LogP contribution in [0.3, 0.4) is 0 Å². The monoisotopic (exact) mass is 422 g/mol. The SMILES string of the molecule is COc1c(C)cccc1C(=O)NC(=S)Nc1ccc(Cc2c(C)nn(C)c2C)cc1. The van der Waals surface area contributed by atoms with E-state index in [2.05, 4.69) is 22.7 Å². The third kappa shape index (κ3) is 4.68. The summed E-state index contributed by atoms with van der Waals surface area (Å²) in [5, 5.41) is 10.5. The topological polar surface area (TPSA) is 68.2 Å². The maximum Gasteiger partial charge on any atom is 0.261 e. The molecule has 0 saturated carbocycles. The minimum atomic E-state index is -0.313. The number of benzene rings is 2. The van der Waals surface area contributed by atoms with Gasteiger partial charge in [-0.05, 0) is 62.3 Å². The van der Waals surface area contributed by atoms with Gasteiger partial charge in [-0.3, -0.25) is 14.8 Å². The summed E-state index contributed by atoms with van der Waals surface area (Å²) >= 11 is 5.30. The molecule has 0 unspecified atom stereocenters. The van der Waals surface area contributed by atoms with Crippen molar-refractivity contribution in [1.82, 2.24) is 15.1 Å². The number of aromatic nitrogens is 2. The molecule has 0 fully saturated rings.